The molecule has 0 radical (unpaired) electrons. The zero-order valence-electron chi connectivity index (χ0n) is 10.9. The molecule has 4 nitrogen and oxygen atoms in total. The molecule has 17 heavy (non-hydrogen) atoms. The molecule has 4 heteroatoms. The van der Waals surface area contributed by atoms with Gasteiger partial charge in [-0.1, -0.05) is 32.6 Å². The molecule has 1 N–H and O–H groups in total. The SMILES string of the molecule is CCCCCCC/C(O)=C(\C(C)=O)C(=O)OC. The summed E-state index contributed by atoms with van der Waals surface area (Å²) >= 11 is 0. The lowest BCUT2D eigenvalue weighted by Crippen LogP contribution is -2.14. The van der Waals surface area contributed by atoms with Crippen LogP contribution in [0.2, 0.25) is 0 Å². The normalized spacial score (nSPS) is 11.9. The number of rotatable bonds is 8. The molecule has 0 fully saturated rings. The van der Waals surface area contributed by atoms with Crippen molar-refractivity contribution in [2.45, 2.75) is 52.4 Å². The molecule has 0 unspecified atom stereocenters. The van der Waals surface area contributed by atoms with Crippen LogP contribution < -0.4 is 0 Å². The Morgan fingerprint density at radius 3 is 2.18 bits per heavy atom. The van der Waals surface area contributed by atoms with Crippen molar-refractivity contribution >= 4 is 11.8 Å². The summed E-state index contributed by atoms with van der Waals surface area (Å²) in [5.74, 6) is -1.37. The van der Waals surface area contributed by atoms with Gasteiger partial charge in [0.1, 0.15) is 11.3 Å². The highest BCUT2D eigenvalue weighted by atomic mass is 16.5. The molecule has 0 aliphatic rings. The summed E-state index contributed by atoms with van der Waals surface area (Å²) in [7, 11) is 1.19. The fourth-order valence-electron chi connectivity index (χ4n) is 1.59. The van der Waals surface area contributed by atoms with E-state index in [0.717, 1.165) is 25.7 Å². The van der Waals surface area contributed by atoms with Gasteiger partial charge >= 0.3 is 5.97 Å². The van der Waals surface area contributed by atoms with E-state index in [2.05, 4.69) is 11.7 Å². The van der Waals surface area contributed by atoms with Crippen molar-refractivity contribution in [3.8, 4) is 0 Å². The Kier molecular flexibility index (Phi) is 8.11. The van der Waals surface area contributed by atoms with Crippen LogP contribution in [-0.4, -0.2) is 24.0 Å². The largest absolute Gasteiger partial charge is 0.511 e. The number of aliphatic hydroxyl groups excluding tert-OH is 1. The van der Waals surface area contributed by atoms with E-state index in [0.29, 0.717) is 6.42 Å². The number of methoxy groups -OCH3 is 1. The van der Waals surface area contributed by atoms with E-state index in [1.807, 2.05) is 0 Å². The van der Waals surface area contributed by atoms with Gasteiger partial charge in [0, 0.05) is 6.42 Å². The first-order valence-corrected chi connectivity index (χ1v) is 6.05. The summed E-state index contributed by atoms with van der Waals surface area (Å²) in [5.41, 5.74) is -0.219. The fourth-order valence-corrected chi connectivity index (χ4v) is 1.59. The number of aliphatic hydroxyl groups is 1. The van der Waals surface area contributed by atoms with Gasteiger partial charge in [-0.25, -0.2) is 4.79 Å². The van der Waals surface area contributed by atoms with E-state index >= 15 is 0 Å². The van der Waals surface area contributed by atoms with E-state index in [9.17, 15) is 14.7 Å². The van der Waals surface area contributed by atoms with Gasteiger partial charge in [0.25, 0.3) is 0 Å². The molecule has 0 bridgehead atoms. The Labute approximate surface area is 103 Å². The van der Waals surface area contributed by atoms with Crippen molar-refractivity contribution in [3.63, 3.8) is 0 Å². The van der Waals surface area contributed by atoms with Crippen molar-refractivity contribution in [1.29, 1.82) is 0 Å². The van der Waals surface area contributed by atoms with Crippen molar-refractivity contribution in [2.75, 3.05) is 7.11 Å². The highest BCUT2D eigenvalue weighted by molar-refractivity contribution is 6.16. The lowest BCUT2D eigenvalue weighted by atomic mass is 10.1. The van der Waals surface area contributed by atoms with Crippen molar-refractivity contribution in [3.05, 3.63) is 11.3 Å². The van der Waals surface area contributed by atoms with Crippen LogP contribution in [0, 0.1) is 0 Å². The molecule has 0 aromatic heterocycles. The maximum absolute atomic E-state index is 11.3. The Bertz CT molecular complexity index is 292. The summed E-state index contributed by atoms with van der Waals surface area (Å²) in [5, 5.41) is 9.70. The fraction of sp³-hybridized carbons (Fsp3) is 0.692. The third-order valence-electron chi connectivity index (χ3n) is 2.55. The second-order valence-corrected chi connectivity index (χ2v) is 4.03. The molecule has 0 aliphatic carbocycles. The number of esters is 1. The summed E-state index contributed by atoms with van der Waals surface area (Å²) < 4.78 is 4.46. The zero-order chi connectivity index (χ0) is 13.3. The van der Waals surface area contributed by atoms with Gasteiger partial charge in [-0.05, 0) is 13.3 Å². The van der Waals surface area contributed by atoms with Crippen molar-refractivity contribution in [1.82, 2.24) is 0 Å². The third kappa shape index (κ3) is 6.09. The van der Waals surface area contributed by atoms with Crippen LogP contribution in [0.3, 0.4) is 0 Å². The molecular weight excluding hydrogens is 220 g/mol. The number of ketones is 1. The Balaban J connectivity index is 4.32. The second kappa shape index (κ2) is 8.79. The number of carbonyl (C=O) groups is 2. The first-order valence-electron chi connectivity index (χ1n) is 6.05. The summed E-state index contributed by atoms with van der Waals surface area (Å²) in [6.07, 6.45) is 5.55. The van der Waals surface area contributed by atoms with Crippen molar-refractivity contribution < 1.29 is 19.4 Å². The van der Waals surface area contributed by atoms with E-state index in [1.165, 1.54) is 20.5 Å². The molecule has 0 aromatic rings. The highest BCUT2D eigenvalue weighted by Gasteiger charge is 2.20. The average molecular weight is 242 g/mol. The monoisotopic (exact) mass is 242 g/mol. The van der Waals surface area contributed by atoms with Gasteiger partial charge < -0.3 is 9.84 Å². The summed E-state index contributed by atoms with van der Waals surface area (Å²) in [4.78, 5) is 22.5. The van der Waals surface area contributed by atoms with Crippen LogP contribution in [0.4, 0.5) is 0 Å². The minimum Gasteiger partial charge on any atom is -0.511 e. The predicted octanol–water partition coefficient (Wildman–Crippen LogP) is 2.92. The lowest BCUT2D eigenvalue weighted by Gasteiger charge is -2.06. The third-order valence-corrected chi connectivity index (χ3v) is 2.55. The highest BCUT2D eigenvalue weighted by Crippen LogP contribution is 2.14. The number of unbranched alkanes of at least 4 members (excludes halogenated alkanes) is 4. The quantitative estimate of drug-likeness (QED) is 0.177. The molecule has 0 saturated carbocycles. The van der Waals surface area contributed by atoms with Gasteiger partial charge in [-0.2, -0.15) is 0 Å². The number of carbonyl (C=O) groups excluding carboxylic acids is 2. The Morgan fingerprint density at radius 1 is 1.12 bits per heavy atom. The molecule has 98 valence electrons. The van der Waals surface area contributed by atoms with E-state index in [1.54, 1.807) is 0 Å². The van der Waals surface area contributed by atoms with E-state index < -0.39 is 11.8 Å². The summed E-state index contributed by atoms with van der Waals surface area (Å²) in [6.45, 7) is 3.38. The topological polar surface area (TPSA) is 63.6 Å². The molecule has 0 atom stereocenters. The molecule has 0 amide bonds. The van der Waals surface area contributed by atoms with Crippen molar-refractivity contribution in [2.24, 2.45) is 0 Å². The number of allylic oxidation sites excluding steroid dienone is 1. The molecule has 0 heterocycles. The van der Waals surface area contributed by atoms with Gasteiger partial charge in [-0.3, -0.25) is 4.79 Å². The van der Waals surface area contributed by atoms with Crippen LogP contribution in [0.25, 0.3) is 0 Å². The number of ether oxygens (including phenoxy) is 1. The Morgan fingerprint density at radius 2 is 1.71 bits per heavy atom. The first kappa shape index (κ1) is 15.7. The Hall–Kier alpha value is -1.32. The molecule has 0 aromatic carbocycles. The van der Waals surface area contributed by atoms with Crippen LogP contribution >= 0.6 is 0 Å². The molecule has 0 spiro atoms. The van der Waals surface area contributed by atoms with Gasteiger partial charge in [-0.15, -0.1) is 0 Å². The standard InChI is InChI=1S/C13H22O4/c1-4-5-6-7-8-9-11(15)12(10(2)14)13(16)17-3/h15H,4-9H2,1-3H3/b12-11-. The minimum absolute atomic E-state index is 0.152. The molecule has 0 aliphatic heterocycles. The molecule has 0 saturated heterocycles. The van der Waals surface area contributed by atoms with E-state index in [4.69, 9.17) is 0 Å². The number of hydrogen-bond donors (Lipinski definition) is 1. The number of hydrogen-bond acceptors (Lipinski definition) is 4. The number of Topliss-reactive ketones (excluding diaryl/α,β-unsaturated/α-hetero) is 1. The van der Waals surface area contributed by atoms with Gasteiger partial charge in [0.2, 0.25) is 0 Å². The predicted molar refractivity (Wildman–Crippen MR) is 65.7 cm³/mol. The van der Waals surface area contributed by atoms with Gasteiger partial charge in [0.15, 0.2) is 5.78 Å². The van der Waals surface area contributed by atoms with Crippen LogP contribution in [-0.2, 0) is 14.3 Å². The maximum atomic E-state index is 11.3. The lowest BCUT2D eigenvalue weighted by molar-refractivity contribution is -0.137. The first-order chi connectivity index (χ1) is 8.04. The van der Waals surface area contributed by atoms with Crippen LogP contribution in [0.5, 0.6) is 0 Å². The maximum Gasteiger partial charge on any atom is 0.344 e. The van der Waals surface area contributed by atoms with Gasteiger partial charge in [0.05, 0.1) is 7.11 Å². The van der Waals surface area contributed by atoms with Crippen LogP contribution in [0.15, 0.2) is 11.3 Å². The summed E-state index contributed by atoms with van der Waals surface area (Å²) in [6, 6.07) is 0. The molecule has 0 rings (SSSR count). The zero-order valence-corrected chi connectivity index (χ0v) is 10.9. The smallest absolute Gasteiger partial charge is 0.344 e. The van der Waals surface area contributed by atoms with Crippen LogP contribution in [0.1, 0.15) is 52.4 Å². The minimum atomic E-state index is -0.761. The average Bonchev–Trinajstić information content (AvgIpc) is 2.28. The molecular formula is C13H22O4. The second-order valence-electron chi connectivity index (χ2n) is 4.03. The van der Waals surface area contributed by atoms with E-state index in [-0.39, 0.29) is 11.3 Å².